The topological polar surface area (TPSA) is 64.1 Å². The van der Waals surface area contributed by atoms with Gasteiger partial charge in [0.05, 0.1) is 18.8 Å². The van der Waals surface area contributed by atoms with Crippen LogP contribution in [0.1, 0.15) is 17.5 Å². The highest BCUT2D eigenvalue weighted by Gasteiger charge is 2.13. The van der Waals surface area contributed by atoms with Gasteiger partial charge in [-0.15, -0.1) is 0 Å². The first-order valence-electron chi connectivity index (χ1n) is 6.34. The molecule has 0 fully saturated rings. The van der Waals surface area contributed by atoms with Gasteiger partial charge in [-0.25, -0.2) is 4.68 Å². The molecule has 4 heteroatoms. The lowest BCUT2D eigenvalue weighted by Crippen LogP contribution is -2.07. The third kappa shape index (κ3) is 1.88. The first-order chi connectivity index (χ1) is 8.78. The molecule has 94 valence electrons. The molecular weight excluding hydrogens is 226 g/mol. The highest BCUT2D eigenvalue weighted by atomic mass is 16.3. The molecule has 0 unspecified atom stereocenters. The molecule has 0 bridgehead atoms. The van der Waals surface area contributed by atoms with Crippen molar-refractivity contribution in [3.63, 3.8) is 0 Å². The van der Waals surface area contributed by atoms with Gasteiger partial charge in [-0.2, -0.15) is 5.10 Å². The minimum absolute atomic E-state index is 0.0511. The minimum atomic E-state index is 0.0511. The van der Waals surface area contributed by atoms with E-state index in [0.29, 0.717) is 12.4 Å². The average molecular weight is 243 g/mol. The number of nitrogens with two attached hydrogens (primary N) is 1. The first-order valence-corrected chi connectivity index (χ1v) is 6.34. The second-order valence-electron chi connectivity index (χ2n) is 4.74. The van der Waals surface area contributed by atoms with Crippen LogP contribution in [-0.4, -0.2) is 21.5 Å². The summed E-state index contributed by atoms with van der Waals surface area (Å²) in [4.78, 5) is 0. The maximum Gasteiger partial charge on any atom is 0.122 e. The molecule has 18 heavy (non-hydrogen) atoms. The van der Waals surface area contributed by atoms with Crippen molar-refractivity contribution in [3.8, 4) is 11.3 Å². The number of aliphatic hydroxyl groups is 1. The number of hydrogen-bond donors (Lipinski definition) is 2. The summed E-state index contributed by atoms with van der Waals surface area (Å²) in [6, 6.07) is 8.38. The molecule has 3 N–H and O–H groups in total. The van der Waals surface area contributed by atoms with E-state index in [0.717, 1.165) is 17.7 Å². The van der Waals surface area contributed by atoms with E-state index in [9.17, 15) is 0 Å². The number of aromatic nitrogens is 2. The average Bonchev–Trinajstić information content (AvgIpc) is 2.96. The van der Waals surface area contributed by atoms with Crippen molar-refractivity contribution >= 4 is 5.82 Å². The van der Waals surface area contributed by atoms with Crippen molar-refractivity contribution in [3.05, 3.63) is 35.4 Å². The molecule has 0 saturated heterocycles. The Morgan fingerprint density at radius 3 is 2.89 bits per heavy atom. The van der Waals surface area contributed by atoms with Crippen LogP contribution in [0.3, 0.4) is 0 Å². The largest absolute Gasteiger partial charge is 0.394 e. The van der Waals surface area contributed by atoms with Gasteiger partial charge >= 0.3 is 0 Å². The zero-order valence-electron chi connectivity index (χ0n) is 10.3. The van der Waals surface area contributed by atoms with E-state index >= 15 is 0 Å². The molecule has 4 nitrogen and oxygen atoms in total. The van der Waals surface area contributed by atoms with Crippen LogP contribution < -0.4 is 5.73 Å². The number of hydrogen-bond acceptors (Lipinski definition) is 3. The van der Waals surface area contributed by atoms with Gasteiger partial charge < -0.3 is 10.8 Å². The molecular formula is C14H17N3O. The summed E-state index contributed by atoms with van der Waals surface area (Å²) in [5, 5.41) is 13.4. The molecule has 1 aromatic heterocycles. The number of rotatable bonds is 3. The third-order valence-electron chi connectivity index (χ3n) is 3.52. The molecule has 1 aromatic carbocycles. The van der Waals surface area contributed by atoms with Gasteiger partial charge in [0, 0.05) is 11.6 Å². The number of aliphatic hydroxyl groups excluding tert-OH is 1. The summed E-state index contributed by atoms with van der Waals surface area (Å²) in [6.45, 7) is 0.492. The van der Waals surface area contributed by atoms with Crippen molar-refractivity contribution in [2.24, 2.45) is 0 Å². The van der Waals surface area contributed by atoms with Crippen LogP contribution in [0.4, 0.5) is 5.82 Å². The number of benzene rings is 1. The van der Waals surface area contributed by atoms with E-state index < -0.39 is 0 Å². The van der Waals surface area contributed by atoms with E-state index in [1.807, 2.05) is 6.07 Å². The normalized spacial score (nSPS) is 13.8. The lowest BCUT2D eigenvalue weighted by molar-refractivity contribution is 0.270. The summed E-state index contributed by atoms with van der Waals surface area (Å²) >= 11 is 0. The van der Waals surface area contributed by atoms with E-state index in [1.165, 1.54) is 24.0 Å². The molecule has 3 rings (SSSR count). The van der Waals surface area contributed by atoms with Crippen molar-refractivity contribution in [2.75, 3.05) is 12.3 Å². The van der Waals surface area contributed by atoms with E-state index in [-0.39, 0.29) is 6.61 Å². The van der Waals surface area contributed by atoms with Crippen LogP contribution in [0.2, 0.25) is 0 Å². The fraction of sp³-hybridized carbons (Fsp3) is 0.357. The Morgan fingerprint density at radius 2 is 2.06 bits per heavy atom. The number of nitrogens with zero attached hydrogens (tertiary/aromatic N) is 2. The van der Waals surface area contributed by atoms with Crippen molar-refractivity contribution < 1.29 is 5.11 Å². The molecule has 0 radical (unpaired) electrons. The maximum atomic E-state index is 8.93. The lowest BCUT2D eigenvalue weighted by atomic mass is 10.0. The van der Waals surface area contributed by atoms with E-state index in [1.54, 1.807) is 4.68 Å². The Labute approximate surface area is 106 Å². The van der Waals surface area contributed by atoms with Crippen molar-refractivity contribution in [2.45, 2.75) is 25.8 Å². The Kier molecular flexibility index (Phi) is 2.80. The molecule has 0 atom stereocenters. The fourth-order valence-corrected chi connectivity index (χ4v) is 2.58. The summed E-state index contributed by atoms with van der Waals surface area (Å²) in [5.74, 6) is 0.597. The van der Waals surface area contributed by atoms with Crippen molar-refractivity contribution in [1.29, 1.82) is 0 Å². The number of aryl methyl sites for hydroxylation is 2. The van der Waals surface area contributed by atoms with E-state index in [2.05, 4.69) is 23.3 Å². The molecule has 2 aromatic rings. The second-order valence-corrected chi connectivity index (χ2v) is 4.74. The van der Waals surface area contributed by atoms with Gasteiger partial charge in [-0.1, -0.05) is 12.1 Å². The summed E-state index contributed by atoms with van der Waals surface area (Å²) in [6.07, 6.45) is 3.60. The van der Waals surface area contributed by atoms with Crippen molar-refractivity contribution in [1.82, 2.24) is 9.78 Å². The predicted octanol–water partition coefficient (Wildman–Crippen LogP) is 1.61. The van der Waals surface area contributed by atoms with Gasteiger partial charge in [0.25, 0.3) is 0 Å². The van der Waals surface area contributed by atoms with Crippen LogP contribution in [0, 0.1) is 0 Å². The Morgan fingerprint density at radius 1 is 1.22 bits per heavy atom. The zero-order chi connectivity index (χ0) is 12.5. The van der Waals surface area contributed by atoms with Gasteiger partial charge in [-0.3, -0.25) is 0 Å². The Bertz CT molecular complexity index is 574. The second kappa shape index (κ2) is 4.46. The molecule has 1 heterocycles. The Balaban J connectivity index is 1.97. The minimum Gasteiger partial charge on any atom is -0.394 e. The van der Waals surface area contributed by atoms with Gasteiger partial charge in [0.2, 0.25) is 0 Å². The molecule has 0 spiro atoms. The fourth-order valence-electron chi connectivity index (χ4n) is 2.58. The van der Waals surface area contributed by atoms with Crippen LogP contribution in [0.25, 0.3) is 11.3 Å². The summed E-state index contributed by atoms with van der Waals surface area (Å²) in [5.41, 5.74) is 10.8. The van der Waals surface area contributed by atoms with Gasteiger partial charge in [-0.05, 0) is 36.5 Å². The lowest BCUT2D eigenvalue weighted by Gasteiger charge is -2.02. The number of anilines is 1. The number of nitrogen functional groups attached to an aromatic ring is 1. The quantitative estimate of drug-likeness (QED) is 0.861. The van der Waals surface area contributed by atoms with Gasteiger partial charge in [0.15, 0.2) is 0 Å². The molecule has 1 aliphatic carbocycles. The smallest absolute Gasteiger partial charge is 0.122 e. The maximum absolute atomic E-state index is 8.93. The predicted molar refractivity (Wildman–Crippen MR) is 71.2 cm³/mol. The highest BCUT2D eigenvalue weighted by molar-refractivity contribution is 5.64. The monoisotopic (exact) mass is 243 g/mol. The van der Waals surface area contributed by atoms with Gasteiger partial charge in [0.1, 0.15) is 5.82 Å². The van der Waals surface area contributed by atoms with Crippen LogP contribution in [0.5, 0.6) is 0 Å². The molecule has 0 aliphatic heterocycles. The SMILES string of the molecule is Nc1cc(-c2ccc3c(c2)CCC3)nn1CCO. The molecule has 0 amide bonds. The van der Waals surface area contributed by atoms with Crippen LogP contribution >= 0.6 is 0 Å². The summed E-state index contributed by atoms with van der Waals surface area (Å²) in [7, 11) is 0. The van der Waals surface area contributed by atoms with Crippen LogP contribution in [-0.2, 0) is 19.4 Å². The highest BCUT2D eigenvalue weighted by Crippen LogP contribution is 2.28. The number of fused-ring (bicyclic) bond motifs is 1. The standard InChI is InChI=1S/C14H17N3O/c15-14-9-13(16-17(14)6-7-18)12-5-4-10-2-1-3-11(10)8-12/h4-5,8-9,18H,1-3,6-7,15H2. The summed E-state index contributed by atoms with van der Waals surface area (Å²) < 4.78 is 1.64. The Hall–Kier alpha value is -1.81. The zero-order valence-corrected chi connectivity index (χ0v) is 10.3. The first kappa shape index (κ1) is 11.3. The molecule has 0 saturated carbocycles. The van der Waals surface area contributed by atoms with Crippen LogP contribution in [0.15, 0.2) is 24.3 Å². The third-order valence-corrected chi connectivity index (χ3v) is 3.52. The molecule has 1 aliphatic rings. The van der Waals surface area contributed by atoms with E-state index in [4.69, 9.17) is 10.8 Å².